The Morgan fingerprint density at radius 1 is 0.936 bits per heavy atom. The minimum Gasteiger partial charge on any atom is -0.493 e. The first-order valence-electron chi connectivity index (χ1n) is 14.9. The van der Waals surface area contributed by atoms with Gasteiger partial charge in [0.2, 0.25) is 0 Å². The van der Waals surface area contributed by atoms with Crippen molar-refractivity contribution in [3.8, 4) is 17.2 Å². The first-order valence-corrected chi connectivity index (χ1v) is 15.7. The van der Waals surface area contributed by atoms with Crippen LogP contribution in [0.1, 0.15) is 35.2 Å². The molecule has 6 rings (SSSR count). The first-order chi connectivity index (χ1) is 22.9. The highest BCUT2D eigenvalue weighted by Crippen LogP contribution is 2.38. The van der Waals surface area contributed by atoms with Gasteiger partial charge in [-0.3, -0.25) is 9.36 Å². The maximum absolute atomic E-state index is 14.2. The van der Waals surface area contributed by atoms with Gasteiger partial charge in [-0.1, -0.05) is 72.0 Å². The molecule has 0 unspecified atom stereocenters. The predicted molar refractivity (Wildman–Crippen MR) is 178 cm³/mol. The molecule has 1 aromatic heterocycles. The van der Waals surface area contributed by atoms with Gasteiger partial charge in [-0.15, -0.1) is 0 Å². The normalized spacial score (nSPS) is 14.3. The fourth-order valence-corrected chi connectivity index (χ4v) is 6.34. The number of benzene rings is 4. The molecule has 0 amide bonds. The molecule has 0 fully saturated rings. The van der Waals surface area contributed by atoms with Crippen LogP contribution in [0.4, 0.5) is 4.39 Å². The molecule has 47 heavy (non-hydrogen) atoms. The second kappa shape index (κ2) is 13.9. The van der Waals surface area contributed by atoms with Crippen molar-refractivity contribution in [2.75, 3.05) is 20.8 Å². The van der Waals surface area contributed by atoms with Crippen molar-refractivity contribution in [3.05, 3.63) is 150 Å². The summed E-state index contributed by atoms with van der Waals surface area (Å²) in [6.07, 6.45) is 1.79. The number of carbonyl (C=O) groups is 1. The molecule has 0 spiro atoms. The maximum atomic E-state index is 14.2. The van der Waals surface area contributed by atoms with E-state index >= 15 is 0 Å². The Labute approximate surface area is 274 Å². The molecule has 1 aliphatic heterocycles. The molecule has 1 aliphatic rings. The van der Waals surface area contributed by atoms with E-state index in [2.05, 4.69) is 0 Å². The summed E-state index contributed by atoms with van der Waals surface area (Å²) in [6, 6.07) is 27.3. The minimum absolute atomic E-state index is 0.150. The summed E-state index contributed by atoms with van der Waals surface area (Å²) in [5.74, 6) is 0.731. The van der Waals surface area contributed by atoms with Crippen LogP contribution < -0.4 is 29.1 Å². The lowest BCUT2D eigenvalue weighted by Crippen LogP contribution is -2.40. The highest BCUT2D eigenvalue weighted by atomic mass is 32.1. The van der Waals surface area contributed by atoms with E-state index in [0.717, 1.165) is 16.7 Å². The molecule has 238 valence electrons. The van der Waals surface area contributed by atoms with Gasteiger partial charge in [-0.05, 0) is 66.1 Å². The number of ether oxygens (including phenoxy) is 4. The number of hydrogen-bond acceptors (Lipinski definition) is 8. The smallest absolute Gasteiger partial charge is 0.338 e. The zero-order valence-corrected chi connectivity index (χ0v) is 26.8. The SMILES string of the molecule is CCOC(=O)C1=C(c2ccccc2)N=c2s/c(=C\c3ccc(OCc4ccc(F)cc4)cc3)c(=O)n2[C@@H]1c1ccc(OC)c(OC)c1. The average molecular weight is 651 g/mol. The van der Waals surface area contributed by atoms with Crippen molar-refractivity contribution in [1.29, 1.82) is 0 Å². The Morgan fingerprint density at radius 2 is 1.66 bits per heavy atom. The summed E-state index contributed by atoms with van der Waals surface area (Å²) in [5, 5.41) is 0. The van der Waals surface area contributed by atoms with Crippen molar-refractivity contribution in [3.63, 3.8) is 0 Å². The minimum atomic E-state index is -0.857. The third-order valence-electron chi connectivity index (χ3n) is 7.59. The Morgan fingerprint density at radius 3 is 2.34 bits per heavy atom. The Kier molecular flexibility index (Phi) is 9.30. The van der Waals surface area contributed by atoms with Crippen LogP contribution >= 0.6 is 11.3 Å². The fourth-order valence-electron chi connectivity index (χ4n) is 5.34. The zero-order chi connectivity index (χ0) is 32.9. The van der Waals surface area contributed by atoms with E-state index in [9.17, 15) is 14.0 Å². The van der Waals surface area contributed by atoms with Crippen LogP contribution in [0.2, 0.25) is 0 Å². The largest absolute Gasteiger partial charge is 0.493 e. The van der Waals surface area contributed by atoms with Gasteiger partial charge in [-0.2, -0.15) is 0 Å². The third-order valence-corrected chi connectivity index (χ3v) is 8.58. The van der Waals surface area contributed by atoms with E-state index in [1.807, 2.05) is 54.6 Å². The van der Waals surface area contributed by atoms with E-state index in [-0.39, 0.29) is 23.6 Å². The van der Waals surface area contributed by atoms with Crippen LogP contribution in [0.5, 0.6) is 17.2 Å². The van der Waals surface area contributed by atoms with E-state index in [1.54, 1.807) is 50.4 Å². The molecule has 5 aromatic rings. The van der Waals surface area contributed by atoms with Gasteiger partial charge in [0.15, 0.2) is 16.3 Å². The quantitative estimate of drug-likeness (QED) is 0.181. The topological polar surface area (TPSA) is 88.4 Å². The van der Waals surface area contributed by atoms with E-state index in [0.29, 0.717) is 44.4 Å². The van der Waals surface area contributed by atoms with Gasteiger partial charge in [0.25, 0.3) is 5.56 Å². The third kappa shape index (κ3) is 6.59. The van der Waals surface area contributed by atoms with Gasteiger partial charge >= 0.3 is 5.97 Å². The van der Waals surface area contributed by atoms with Gasteiger partial charge in [0.05, 0.1) is 42.7 Å². The van der Waals surface area contributed by atoms with Gasteiger partial charge < -0.3 is 18.9 Å². The van der Waals surface area contributed by atoms with E-state index in [1.165, 1.54) is 35.1 Å². The maximum Gasteiger partial charge on any atom is 0.338 e. The van der Waals surface area contributed by atoms with Gasteiger partial charge in [0.1, 0.15) is 18.2 Å². The van der Waals surface area contributed by atoms with Crippen molar-refractivity contribution in [2.45, 2.75) is 19.6 Å². The predicted octanol–water partition coefficient (Wildman–Crippen LogP) is 5.67. The van der Waals surface area contributed by atoms with Gasteiger partial charge in [-0.25, -0.2) is 14.2 Å². The highest BCUT2D eigenvalue weighted by molar-refractivity contribution is 7.07. The summed E-state index contributed by atoms with van der Waals surface area (Å²) >= 11 is 1.24. The van der Waals surface area contributed by atoms with Crippen molar-refractivity contribution >= 4 is 29.1 Å². The number of thiazole rings is 1. The fraction of sp³-hybridized carbons (Fsp3) is 0.162. The van der Waals surface area contributed by atoms with Crippen LogP contribution in [0.25, 0.3) is 11.8 Å². The molecular weight excluding hydrogens is 619 g/mol. The number of methoxy groups -OCH3 is 2. The molecule has 2 heterocycles. The molecular formula is C37H31FN2O6S. The number of halogens is 1. The van der Waals surface area contributed by atoms with Crippen LogP contribution in [-0.4, -0.2) is 31.4 Å². The number of esters is 1. The molecule has 0 radical (unpaired) electrons. The molecule has 4 aromatic carbocycles. The lowest BCUT2D eigenvalue weighted by molar-refractivity contribution is -0.138. The lowest BCUT2D eigenvalue weighted by atomic mass is 9.93. The van der Waals surface area contributed by atoms with Gasteiger partial charge in [0, 0.05) is 5.56 Å². The van der Waals surface area contributed by atoms with Crippen molar-refractivity contribution in [1.82, 2.24) is 4.57 Å². The Bertz CT molecular complexity index is 2120. The van der Waals surface area contributed by atoms with Crippen molar-refractivity contribution in [2.24, 2.45) is 4.99 Å². The standard InChI is InChI=1S/C37H31FN2O6S/c1-4-45-36(42)32-33(25-8-6-5-7-9-25)39-37-40(34(32)26-14-19-29(43-2)30(21-26)44-3)35(41)31(47-37)20-23-12-17-28(18-13-23)46-22-24-10-15-27(38)16-11-24/h5-21,34H,4,22H2,1-3H3/b31-20-/t34-/m1/s1. The zero-order valence-electron chi connectivity index (χ0n) is 25.9. The van der Waals surface area contributed by atoms with Crippen LogP contribution in [0.15, 0.2) is 112 Å². The number of aromatic nitrogens is 1. The number of fused-ring (bicyclic) bond motifs is 1. The summed E-state index contributed by atoms with van der Waals surface area (Å²) < 4.78 is 37.6. The second-order valence-corrected chi connectivity index (χ2v) is 11.5. The summed E-state index contributed by atoms with van der Waals surface area (Å²) in [5.41, 5.74) is 3.34. The van der Waals surface area contributed by atoms with Crippen LogP contribution in [0.3, 0.4) is 0 Å². The molecule has 0 N–H and O–H groups in total. The Hall–Kier alpha value is -5.48. The number of hydrogen-bond donors (Lipinski definition) is 0. The molecule has 10 heteroatoms. The molecule has 0 bridgehead atoms. The van der Waals surface area contributed by atoms with E-state index in [4.69, 9.17) is 23.9 Å². The lowest BCUT2D eigenvalue weighted by Gasteiger charge is -2.26. The molecule has 0 saturated heterocycles. The summed E-state index contributed by atoms with van der Waals surface area (Å²) in [4.78, 5) is 33.2. The first kappa shape index (κ1) is 31.5. The highest BCUT2D eigenvalue weighted by Gasteiger charge is 2.35. The van der Waals surface area contributed by atoms with E-state index < -0.39 is 12.0 Å². The molecule has 8 nitrogen and oxygen atoms in total. The molecule has 1 atom stereocenters. The van der Waals surface area contributed by atoms with Crippen LogP contribution in [0, 0.1) is 5.82 Å². The molecule has 0 saturated carbocycles. The number of rotatable bonds is 10. The molecule has 0 aliphatic carbocycles. The Balaban J connectivity index is 1.46. The summed E-state index contributed by atoms with van der Waals surface area (Å²) in [6.45, 7) is 2.18. The van der Waals surface area contributed by atoms with Crippen LogP contribution in [-0.2, 0) is 16.1 Å². The number of carbonyl (C=O) groups excluding carboxylic acids is 1. The number of nitrogens with zero attached hydrogens (tertiary/aromatic N) is 2. The monoisotopic (exact) mass is 650 g/mol. The van der Waals surface area contributed by atoms with Crippen molar-refractivity contribution < 1.29 is 28.1 Å². The summed E-state index contributed by atoms with van der Waals surface area (Å²) in [7, 11) is 3.08. The second-order valence-electron chi connectivity index (χ2n) is 10.5. The average Bonchev–Trinajstić information content (AvgIpc) is 3.41.